The van der Waals surface area contributed by atoms with Gasteiger partial charge in [0.1, 0.15) is 12.4 Å². The Kier molecular flexibility index (Phi) is 5.56. The molecule has 0 bridgehead atoms. The predicted octanol–water partition coefficient (Wildman–Crippen LogP) is 5.07. The van der Waals surface area contributed by atoms with Crippen molar-refractivity contribution in [2.45, 2.75) is 52.6 Å². The van der Waals surface area contributed by atoms with E-state index in [1.165, 1.54) is 12.0 Å². The van der Waals surface area contributed by atoms with Gasteiger partial charge in [0, 0.05) is 19.2 Å². The van der Waals surface area contributed by atoms with Crippen molar-refractivity contribution in [1.82, 2.24) is 9.38 Å². The molecule has 0 radical (unpaired) electrons. The maximum atomic E-state index is 13.1. The van der Waals surface area contributed by atoms with E-state index in [0.717, 1.165) is 54.2 Å². The average Bonchev–Trinajstić information content (AvgIpc) is 3.09. The van der Waals surface area contributed by atoms with Crippen molar-refractivity contribution in [2.24, 2.45) is 5.92 Å². The number of aromatic nitrogens is 2. The van der Waals surface area contributed by atoms with E-state index in [9.17, 15) is 4.79 Å². The summed E-state index contributed by atoms with van der Waals surface area (Å²) in [5.41, 5.74) is 3.94. The van der Waals surface area contributed by atoms with E-state index in [-0.39, 0.29) is 11.8 Å². The van der Waals surface area contributed by atoms with Gasteiger partial charge in [-0.1, -0.05) is 43.5 Å². The number of fused-ring (bicyclic) bond motifs is 1. The third-order valence-corrected chi connectivity index (χ3v) is 6.00. The fourth-order valence-corrected chi connectivity index (χ4v) is 4.32. The summed E-state index contributed by atoms with van der Waals surface area (Å²) >= 11 is 0. The molecule has 1 saturated carbocycles. The van der Waals surface area contributed by atoms with Crippen LogP contribution < -0.4 is 9.64 Å². The van der Waals surface area contributed by atoms with Crippen molar-refractivity contribution in [3.8, 4) is 5.75 Å². The second-order valence-corrected chi connectivity index (χ2v) is 8.03. The van der Waals surface area contributed by atoms with Gasteiger partial charge in [0.15, 0.2) is 11.4 Å². The summed E-state index contributed by atoms with van der Waals surface area (Å²) in [4.78, 5) is 19.6. The molecule has 0 saturated heterocycles. The van der Waals surface area contributed by atoms with Crippen molar-refractivity contribution >= 4 is 17.4 Å². The Balaban J connectivity index is 1.61. The maximum absolute atomic E-state index is 13.1. The molecule has 0 spiro atoms. The van der Waals surface area contributed by atoms with Crippen LogP contribution in [0.3, 0.4) is 0 Å². The zero-order valence-corrected chi connectivity index (χ0v) is 17.5. The third-order valence-electron chi connectivity index (χ3n) is 6.00. The number of hydrogen-bond donors (Lipinski definition) is 0. The van der Waals surface area contributed by atoms with E-state index >= 15 is 0 Å². The number of aryl methyl sites for hydroxylation is 2. The van der Waals surface area contributed by atoms with Gasteiger partial charge in [-0.3, -0.25) is 14.1 Å². The predicted molar refractivity (Wildman–Crippen MR) is 115 cm³/mol. The Morgan fingerprint density at radius 1 is 1.14 bits per heavy atom. The first kappa shape index (κ1) is 19.5. The molecular weight excluding hydrogens is 362 g/mol. The lowest BCUT2D eigenvalue weighted by Gasteiger charge is -2.26. The lowest BCUT2D eigenvalue weighted by atomic mass is 9.88. The molecule has 1 amide bonds. The number of ether oxygens (including phenoxy) is 1. The van der Waals surface area contributed by atoms with Crippen LogP contribution in [0.25, 0.3) is 5.65 Å². The van der Waals surface area contributed by atoms with Crippen LogP contribution in [0, 0.1) is 19.8 Å². The number of benzene rings is 1. The van der Waals surface area contributed by atoms with Crippen LogP contribution >= 0.6 is 0 Å². The van der Waals surface area contributed by atoms with E-state index in [2.05, 4.69) is 19.1 Å². The minimum absolute atomic E-state index is 0.124. The summed E-state index contributed by atoms with van der Waals surface area (Å²) in [5.74, 6) is 1.88. The average molecular weight is 392 g/mol. The number of rotatable bonds is 5. The molecule has 0 unspecified atom stereocenters. The van der Waals surface area contributed by atoms with Crippen LogP contribution in [-0.2, 0) is 11.4 Å². The van der Waals surface area contributed by atoms with Crippen molar-refractivity contribution in [2.75, 3.05) is 11.9 Å². The SMILES string of the molecule is Cc1ccccc1COc1cccn2c(N(C)C(=O)C3CCCCC3)c(C)nc12. The van der Waals surface area contributed by atoms with Crippen molar-refractivity contribution in [3.05, 3.63) is 59.4 Å². The van der Waals surface area contributed by atoms with Crippen molar-refractivity contribution in [3.63, 3.8) is 0 Å². The number of amides is 1. The van der Waals surface area contributed by atoms with E-state index in [4.69, 9.17) is 9.72 Å². The number of nitrogens with zero attached hydrogens (tertiary/aromatic N) is 3. The molecule has 2 aromatic heterocycles. The molecule has 1 fully saturated rings. The molecule has 1 aromatic carbocycles. The van der Waals surface area contributed by atoms with Gasteiger partial charge in [-0.15, -0.1) is 0 Å². The van der Waals surface area contributed by atoms with E-state index in [0.29, 0.717) is 6.61 Å². The highest BCUT2D eigenvalue weighted by Crippen LogP contribution is 2.31. The first-order chi connectivity index (χ1) is 14.1. The summed E-state index contributed by atoms with van der Waals surface area (Å²) in [6.45, 7) is 4.53. The van der Waals surface area contributed by atoms with E-state index in [1.807, 2.05) is 48.8 Å². The number of imidazole rings is 1. The second-order valence-electron chi connectivity index (χ2n) is 8.03. The molecule has 1 aliphatic carbocycles. The first-order valence-corrected chi connectivity index (χ1v) is 10.5. The highest BCUT2D eigenvalue weighted by Gasteiger charge is 2.27. The highest BCUT2D eigenvalue weighted by atomic mass is 16.5. The van der Waals surface area contributed by atoms with Crippen LogP contribution in [-0.4, -0.2) is 22.3 Å². The lowest BCUT2D eigenvalue weighted by Crippen LogP contribution is -2.35. The molecule has 3 aromatic rings. The molecule has 5 heteroatoms. The van der Waals surface area contributed by atoms with Gasteiger partial charge in [0.25, 0.3) is 0 Å². The molecule has 29 heavy (non-hydrogen) atoms. The minimum atomic E-state index is 0.124. The Labute approximate surface area is 172 Å². The minimum Gasteiger partial charge on any atom is -0.485 e. The zero-order chi connectivity index (χ0) is 20.4. The Morgan fingerprint density at radius 3 is 2.66 bits per heavy atom. The number of anilines is 1. The van der Waals surface area contributed by atoms with Gasteiger partial charge in [0.05, 0.1) is 5.69 Å². The van der Waals surface area contributed by atoms with Gasteiger partial charge >= 0.3 is 0 Å². The largest absolute Gasteiger partial charge is 0.485 e. The summed E-state index contributed by atoms with van der Waals surface area (Å²) in [6, 6.07) is 12.1. The van der Waals surface area contributed by atoms with Crippen molar-refractivity contribution in [1.29, 1.82) is 0 Å². The van der Waals surface area contributed by atoms with Gasteiger partial charge in [-0.2, -0.15) is 0 Å². The van der Waals surface area contributed by atoms with Gasteiger partial charge in [-0.25, -0.2) is 4.98 Å². The number of hydrogen-bond acceptors (Lipinski definition) is 3. The maximum Gasteiger partial charge on any atom is 0.231 e. The van der Waals surface area contributed by atoms with E-state index in [1.54, 1.807) is 4.90 Å². The number of pyridine rings is 1. The first-order valence-electron chi connectivity index (χ1n) is 10.5. The fraction of sp³-hybridized carbons (Fsp3) is 0.417. The molecule has 4 rings (SSSR count). The summed E-state index contributed by atoms with van der Waals surface area (Å²) in [6.07, 6.45) is 7.47. The molecule has 0 N–H and O–H groups in total. The van der Waals surface area contributed by atoms with Crippen LogP contribution in [0.2, 0.25) is 0 Å². The topological polar surface area (TPSA) is 46.8 Å². The second kappa shape index (κ2) is 8.27. The number of carbonyl (C=O) groups is 1. The standard InChI is InChI=1S/C24H29N3O2/c1-17-10-7-8-13-20(17)16-29-21-14-9-15-27-22(21)25-18(2)23(27)26(3)24(28)19-11-5-4-6-12-19/h7-10,13-15,19H,4-6,11-12,16H2,1-3H3. The third kappa shape index (κ3) is 3.86. The number of carbonyl (C=O) groups excluding carboxylic acids is 1. The summed E-state index contributed by atoms with van der Waals surface area (Å²) < 4.78 is 8.10. The Hall–Kier alpha value is -2.82. The van der Waals surface area contributed by atoms with Crippen LogP contribution in [0.15, 0.2) is 42.6 Å². The lowest BCUT2D eigenvalue weighted by molar-refractivity contribution is -0.123. The smallest absolute Gasteiger partial charge is 0.231 e. The highest BCUT2D eigenvalue weighted by molar-refractivity contribution is 5.95. The van der Waals surface area contributed by atoms with E-state index < -0.39 is 0 Å². The van der Waals surface area contributed by atoms with Crippen molar-refractivity contribution < 1.29 is 9.53 Å². The van der Waals surface area contributed by atoms with Crippen LogP contribution in [0.1, 0.15) is 48.9 Å². The Morgan fingerprint density at radius 2 is 1.90 bits per heavy atom. The van der Waals surface area contributed by atoms with Crippen LogP contribution in [0.4, 0.5) is 5.82 Å². The Bertz CT molecular complexity index is 1020. The molecule has 0 atom stereocenters. The summed E-state index contributed by atoms with van der Waals surface area (Å²) in [5, 5.41) is 0. The summed E-state index contributed by atoms with van der Waals surface area (Å²) in [7, 11) is 1.87. The van der Waals surface area contributed by atoms with Gasteiger partial charge < -0.3 is 4.74 Å². The quantitative estimate of drug-likeness (QED) is 0.610. The monoisotopic (exact) mass is 391 g/mol. The molecule has 1 aliphatic rings. The molecule has 152 valence electrons. The van der Waals surface area contributed by atoms with Gasteiger partial charge in [0.2, 0.25) is 5.91 Å². The zero-order valence-electron chi connectivity index (χ0n) is 17.5. The van der Waals surface area contributed by atoms with Gasteiger partial charge in [-0.05, 0) is 49.9 Å². The normalized spacial score (nSPS) is 14.9. The molecule has 2 heterocycles. The molecular formula is C24H29N3O2. The fourth-order valence-electron chi connectivity index (χ4n) is 4.32. The van der Waals surface area contributed by atoms with Crippen LogP contribution in [0.5, 0.6) is 5.75 Å². The molecule has 0 aliphatic heterocycles. The molecule has 5 nitrogen and oxygen atoms in total.